The number of hydrogen-bond donors (Lipinski definition) is 2. The van der Waals surface area contributed by atoms with E-state index >= 15 is 0 Å². The minimum Gasteiger partial charge on any atom is -0.383 e. The molecule has 28 heavy (non-hydrogen) atoms. The van der Waals surface area contributed by atoms with Crippen molar-refractivity contribution in [3.05, 3.63) is 46.7 Å². The molecule has 1 saturated heterocycles. The van der Waals surface area contributed by atoms with Gasteiger partial charge in [0.15, 0.2) is 0 Å². The minimum atomic E-state index is 0.420. The van der Waals surface area contributed by atoms with Gasteiger partial charge in [0.1, 0.15) is 11.0 Å². The Hall–Kier alpha value is -2.35. The van der Waals surface area contributed by atoms with Crippen molar-refractivity contribution in [2.75, 3.05) is 54.9 Å². The molecule has 7 nitrogen and oxygen atoms in total. The Kier molecular flexibility index (Phi) is 5.95. The number of aromatic nitrogens is 3. The summed E-state index contributed by atoms with van der Waals surface area (Å²) in [7, 11) is 0. The summed E-state index contributed by atoms with van der Waals surface area (Å²) >= 11 is 12.2. The number of nitrogens with zero attached hydrogens (tertiary/aromatic N) is 4. The molecular weight excluding hydrogens is 399 g/mol. The highest BCUT2D eigenvalue weighted by Gasteiger charge is 2.14. The van der Waals surface area contributed by atoms with Gasteiger partial charge >= 0.3 is 0 Å². The molecule has 3 aromatic rings. The molecule has 0 atom stereocenters. The smallest absolute Gasteiger partial charge is 0.226 e. The van der Waals surface area contributed by atoms with E-state index in [-0.39, 0.29) is 0 Å². The van der Waals surface area contributed by atoms with Gasteiger partial charge in [0.25, 0.3) is 0 Å². The molecule has 0 bridgehead atoms. The first kappa shape index (κ1) is 19.0. The van der Waals surface area contributed by atoms with Gasteiger partial charge in [-0.2, -0.15) is 4.98 Å². The molecule has 1 fully saturated rings. The molecule has 3 heterocycles. The largest absolute Gasteiger partial charge is 0.383 e. The Morgan fingerprint density at radius 3 is 2.68 bits per heavy atom. The fourth-order valence-corrected chi connectivity index (χ4v) is 3.43. The summed E-state index contributed by atoms with van der Waals surface area (Å²) < 4.78 is 5.39. The molecule has 1 aliphatic heterocycles. The first-order valence-electron chi connectivity index (χ1n) is 9.08. The SMILES string of the molecule is Clc1ccc2c(NCCNc3nc(Cl)cc(N4CCOCC4)n3)ccnc2c1. The van der Waals surface area contributed by atoms with Crippen LogP contribution in [0, 0.1) is 0 Å². The number of ether oxygens (including phenoxy) is 1. The monoisotopic (exact) mass is 418 g/mol. The average Bonchev–Trinajstić information content (AvgIpc) is 2.71. The van der Waals surface area contributed by atoms with Crippen LogP contribution >= 0.6 is 23.2 Å². The molecule has 146 valence electrons. The fraction of sp³-hybridized carbons (Fsp3) is 0.316. The van der Waals surface area contributed by atoms with Crippen molar-refractivity contribution in [2.45, 2.75) is 0 Å². The maximum Gasteiger partial charge on any atom is 0.226 e. The number of nitrogens with one attached hydrogen (secondary N) is 2. The lowest BCUT2D eigenvalue weighted by atomic mass is 10.2. The Morgan fingerprint density at radius 1 is 1.00 bits per heavy atom. The molecule has 9 heteroatoms. The number of fused-ring (bicyclic) bond motifs is 1. The maximum atomic E-state index is 6.17. The third kappa shape index (κ3) is 4.55. The van der Waals surface area contributed by atoms with E-state index in [1.54, 1.807) is 12.3 Å². The summed E-state index contributed by atoms with van der Waals surface area (Å²) in [5.41, 5.74) is 1.86. The lowest BCUT2D eigenvalue weighted by Gasteiger charge is -2.28. The van der Waals surface area contributed by atoms with Crippen LogP contribution in [0.25, 0.3) is 10.9 Å². The van der Waals surface area contributed by atoms with Crippen molar-refractivity contribution >= 4 is 51.6 Å². The molecule has 1 aliphatic rings. The average molecular weight is 419 g/mol. The number of hydrogen-bond acceptors (Lipinski definition) is 7. The van der Waals surface area contributed by atoms with Gasteiger partial charge < -0.3 is 20.3 Å². The van der Waals surface area contributed by atoms with E-state index in [1.807, 2.05) is 24.3 Å². The highest BCUT2D eigenvalue weighted by Crippen LogP contribution is 2.24. The molecule has 1 aromatic carbocycles. The van der Waals surface area contributed by atoms with Crippen molar-refractivity contribution in [2.24, 2.45) is 0 Å². The van der Waals surface area contributed by atoms with E-state index in [0.29, 0.717) is 42.4 Å². The standard InChI is InChI=1S/C19H20Cl2N6O/c20-13-1-2-14-15(3-4-22-16(14)11-13)23-5-6-24-19-25-17(21)12-18(26-19)27-7-9-28-10-8-27/h1-4,11-12H,5-10H2,(H,22,23)(H,24,25,26). The number of halogens is 2. The van der Waals surface area contributed by atoms with Gasteiger partial charge in [0, 0.05) is 54.5 Å². The number of rotatable bonds is 6. The lowest BCUT2D eigenvalue weighted by molar-refractivity contribution is 0.122. The Balaban J connectivity index is 1.37. The van der Waals surface area contributed by atoms with Gasteiger partial charge in [0.05, 0.1) is 18.7 Å². The van der Waals surface area contributed by atoms with Crippen LogP contribution in [0.3, 0.4) is 0 Å². The van der Waals surface area contributed by atoms with Crippen LogP contribution < -0.4 is 15.5 Å². The van der Waals surface area contributed by atoms with Gasteiger partial charge in [-0.1, -0.05) is 23.2 Å². The number of benzene rings is 1. The summed E-state index contributed by atoms with van der Waals surface area (Å²) in [5, 5.41) is 8.76. The Bertz CT molecular complexity index is 964. The van der Waals surface area contributed by atoms with Gasteiger partial charge in [-0.15, -0.1) is 0 Å². The van der Waals surface area contributed by atoms with Crippen molar-refractivity contribution in [1.82, 2.24) is 15.0 Å². The topological polar surface area (TPSA) is 75.2 Å². The molecule has 0 spiro atoms. The molecule has 0 amide bonds. The summed E-state index contributed by atoms with van der Waals surface area (Å²) in [6, 6.07) is 9.41. The first-order valence-corrected chi connectivity index (χ1v) is 9.84. The van der Waals surface area contributed by atoms with E-state index < -0.39 is 0 Å². The van der Waals surface area contributed by atoms with Crippen LogP contribution in [0.5, 0.6) is 0 Å². The highest BCUT2D eigenvalue weighted by atomic mass is 35.5. The second-order valence-corrected chi connectivity index (χ2v) is 7.17. The molecule has 4 rings (SSSR count). The van der Waals surface area contributed by atoms with Crippen LogP contribution in [-0.2, 0) is 4.74 Å². The second kappa shape index (κ2) is 8.77. The Morgan fingerprint density at radius 2 is 1.82 bits per heavy atom. The van der Waals surface area contributed by atoms with Crippen LogP contribution in [0.15, 0.2) is 36.5 Å². The van der Waals surface area contributed by atoms with Gasteiger partial charge in [-0.25, -0.2) is 4.98 Å². The van der Waals surface area contributed by atoms with Crippen molar-refractivity contribution in [3.63, 3.8) is 0 Å². The predicted octanol–water partition coefficient (Wildman–Crippen LogP) is 3.69. The molecule has 0 saturated carbocycles. The Labute approximate surface area is 173 Å². The van der Waals surface area contributed by atoms with Crippen molar-refractivity contribution in [3.8, 4) is 0 Å². The summed E-state index contributed by atoms with van der Waals surface area (Å²) in [5.74, 6) is 1.33. The van der Waals surface area contributed by atoms with E-state index in [2.05, 4.69) is 30.5 Å². The maximum absolute atomic E-state index is 6.17. The summed E-state index contributed by atoms with van der Waals surface area (Å²) in [6.07, 6.45) is 1.77. The summed E-state index contributed by atoms with van der Waals surface area (Å²) in [4.78, 5) is 15.3. The van der Waals surface area contributed by atoms with Crippen LogP contribution in [0.4, 0.5) is 17.5 Å². The van der Waals surface area contributed by atoms with Gasteiger partial charge in [-0.3, -0.25) is 4.98 Å². The highest BCUT2D eigenvalue weighted by molar-refractivity contribution is 6.31. The zero-order valence-corrected chi connectivity index (χ0v) is 16.7. The summed E-state index contributed by atoms with van der Waals surface area (Å²) in [6.45, 7) is 4.31. The lowest BCUT2D eigenvalue weighted by Crippen LogP contribution is -2.36. The zero-order chi connectivity index (χ0) is 19.3. The van der Waals surface area contributed by atoms with Gasteiger partial charge in [0.2, 0.25) is 5.95 Å². The van der Waals surface area contributed by atoms with Crippen molar-refractivity contribution < 1.29 is 4.74 Å². The molecular formula is C19H20Cl2N6O. The minimum absolute atomic E-state index is 0.420. The van der Waals surface area contributed by atoms with E-state index in [9.17, 15) is 0 Å². The zero-order valence-electron chi connectivity index (χ0n) is 15.2. The van der Waals surface area contributed by atoms with E-state index in [4.69, 9.17) is 27.9 Å². The first-order chi connectivity index (χ1) is 13.7. The molecule has 0 aliphatic carbocycles. The predicted molar refractivity (Wildman–Crippen MR) is 114 cm³/mol. The van der Waals surface area contributed by atoms with Crippen molar-refractivity contribution in [1.29, 1.82) is 0 Å². The number of anilines is 3. The molecule has 2 aromatic heterocycles. The molecule has 2 N–H and O–H groups in total. The molecule has 0 unspecified atom stereocenters. The number of morpholine rings is 1. The molecule has 0 radical (unpaired) electrons. The normalized spacial score (nSPS) is 14.3. The van der Waals surface area contributed by atoms with Gasteiger partial charge in [-0.05, 0) is 24.3 Å². The van der Waals surface area contributed by atoms with Crippen LogP contribution in [0.2, 0.25) is 10.2 Å². The third-order valence-corrected chi connectivity index (χ3v) is 4.87. The second-order valence-electron chi connectivity index (χ2n) is 6.35. The fourth-order valence-electron chi connectivity index (χ4n) is 3.09. The number of pyridine rings is 1. The van der Waals surface area contributed by atoms with Crippen LogP contribution in [-0.4, -0.2) is 54.3 Å². The van der Waals surface area contributed by atoms with Crippen LogP contribution in [0.1, 0.15) is 0 Å². The third-order valence-electron chi connectivity index (χ3n) is 4.44. The van der Waals surface area contributed by atoms with E-state index in [0.717, 1.165) is 35.5 Å². The quantitative estimate of drug-likeness (QED) is 0.466. The van der Waals surface area contributed by atoms with E-state index in [1.165, 1.54) is 0 Å².